The van der Waals surface area contributed by atoms with Gasteiger partial charge in [0, 0.05) is 49.0 Å². The molecule has 0 atom stereocenters. The lowest BCUT2D eigenvalue weighted by atomic mass is 10.2. The van der Waals surface area contributed by atoms with Gasteiger partial charge in [0.2, 0.25) is 0 Å². The molecule has 3 aromatic rings. The quantitative estimate of drug-likeness (QED) is 0.648. The van der Waals surface area contributed by atoms with E-state index in [2.05, 4.69) is 32.5 Å². The van der Waals surface area contributed by atoms with Crippen molar-refractivity contribution in [1.82, 2.24) is 9.88 Å². The van der Waals surface area contributed by atoms with E-state index in [0.29, 0.717) is 0 Å². The second-order valence-corrected chi connectivity index (χ2v) is 7.00. The first-order valence-corrected chi connectivity index (χ1v) is 9.39. The van der Waals surface area contributed by atoms with E-state index in [-0.39, 0.29) is 6.03 Å². The maximum absolute atomic E-state index is 12.5. The van der Waals surface area contributed by atoms with Crippen molar-refractivity contribution in [3.63, 3.8) is 0 Å². The average Bonchev–Trinajstić information content (AvgIpc) is 3.18. The lowest BCUT2D eigenvalue weighted by molar-refractivity contribution is 0.262. The number of nitrogens with one attached hydrogen (secondary N) is 3. The van der Waals surface area contributed by atoms with Crippen molar-refractivity contribution in [2.45, 2.75) is 0 Å². The molecule has 0 radical (unpaired) electrons. The van der Waals surface area contributed by atoms with Gasteiger partial charge in [-0.25, -0.2) is 4.79 Å². The van der Waals surface area contributed by atoms with Gasteiger partial charge >= 0.3 is 6.03 Å². The van der Waals surface area contributed by atoms with Gasteiger partial charge in [0.25, 0.3) is 0 Å². The third-order valence-corrected chi connectivity index (χ3v) is 5.12. The van der Waals surface area contributed by atoms with Crippen LogP contribution in [-0.4, -0.2) is 56.3 Å². The van der Waals surface area contributed by atoms with Gasteiger partial charge in [-0.05, 0) is 43.4 Å². The van der Waals surface area contributed by atoms with Crippen molar-refractivity contribution in [1.29, 1.82) is 0 Å². The Hall–Kier alpha value is -3.19. The number of urea groups is 1. The first kappa shape index (κ1) is 18.2. The summed E-state index contributed by atoms with van der Waals surface area (Å²) in [6, 6.07) is 13.2. The lowest BCUT2D eigenvalue weighted by Crippen LogP contribution is -2.44. The molecule has 2 heterocycles. The summed E-state index contributed by atoms with van der Waals surface area (Å²) < 4.78 is 5.53. The summed E-state index contributed by atoms with van der Waals surface area (Å²) in [4.78, 5) is 20.3. The largest absolute Gasteiger partial charge is 0.495 e. The maximum atomic E-state index is 12.5. The Morgan fingerprint density at radius 3 is 2.68 bits per heavy atom. The number of methoxy groups -OCH3 is 1. The molecule has 1 aliphatic heterocycles. The molecule has 2 aromatic carbocycles. The van der Waals surface area contributed by atoms with Gasteiger partial charge < -0.3 is 30.2 Å². The second-order valence-electron chi connectivity index (χ2n) is 7.00. The topological polar surface area (TPSA) is 72.6 Å². The average molecular weight is 379 g/mol. The Morgan fingerprint density at radius 1 is 1.07 bits per heavy atom. The fourth-order valence-corrected chi connectivity index (χ4v) is 3.54. The Morgan fingerprint density at radius 2 is 1.89 bits per heavy atom. The van der Waals surface area contributed by atoms with Crippen LogP contribution in [0.2, 0.25) is 0 Å². The molecule has 7 nitrogen and oxygen atoms in total. The molecule has 28 heavy (non-hydrogen) atoms. The SMILES string of the molecule is COc1ccc(NC(=O)Nc2cccc3[nH]ccc23)cc1N1CCN(C)CC1. The van der Waals surface area contributed by atoms with E-state index in [0.717, 1.165) is 59.9 Å². The number of H-pyrrole nitrogens is 1. The van der Waals surface area contributed by atoms with Gasteiger partial charge in [-0.2, -0.15) is 0 Å². The number of carbonyl (C=O) groups excluding carboxylic acids is 1. The van der Waals surface area contributed by atoms with Crippen LogP contribution in [0.25, 0.3) is 10.9 Å². The maximum Gasteiger partial charge on any atom is 0.323 e. The Labute approximate surface area is 164 Å². The molecule has 0 spiro atoms. The number of rotatable bonds is 4. The van der Waals surface area contributed by atoms with E-state index in [1.807, 2.05) is 48.7 Å². The molecule has 1 aliphatic rings. The zero-order valence-electron chi connectivity index (χ0n) is 16.2. The predicted octanol–water partition coefficient (Wildman–Crippen LogP) is 3.57. The van der Waals surface area contributed by atoms with Crippen LogP contribution in [-0.2, 0) is 0 Å². The Balaban J connectivity index is 1.50. The molecule has 7 heteroatoms. The van der Waals surface area contributed by atoms with Crippen LogP contribution >= 0.6 is 0 Å². The molecule has 1 fully saturated rings. The molecule has 0 aliphatic carbocycles. The third kappa shape index (κ3) is 3.75. The van der Waals surface area contributed by atoms with Crippen LogP contribution < -0.4 is 20.3 Å². The van der Waals surface area contributed by atoms with E-state index in [9.17, 15) is 4.79 Å². The fourth-order valence-electron chi connectivity index (χ4n) is 3.54. The van der Waals surface area contributed by atoms with E-state index in [1.54, 1.807) is 7.11 Å². The van der Waals surface area contributed by atoms with Crippen LogP contribution in [0.1, 0.15) is 0 Å². The number of piperazine rings is 1. The lowest BCUT2D eigenvalue weighted by Gasteiger charge is -2.34. The van der Waals surface area contributed by atoms with E-state index in [4.69, 9.17) is 4.74 Å². The van der Waals surface area contributed by atoms with Gasteiger partial charge in [-0.1, -0.05) is 6.07 Å². The summed E-state index contributed by atoms with van der Waals surface area (Å²) in [5.74, 6) is 0.813. The summed E-state index contributed by atoms with van der Waals surface area (Å²) in [7, 11) is 3.80. The van der Waals surface area contributed by atoms with Crippen LogP contribution in [0, 0.1) is 0 Å². The van der Waals surface area contributed by atoms with Gasteiger partial charge in [-0.3, -0.25) is 0 Å². The van der Waals surface area contributed by atoms with Crippen LogP contribution in [0.5, 0.6) is 5.75 Å². The number of fused-ring (bicyclic) bond motifs is 1. The normalized spacial score (nSPS) is 14.9. The first-order valence-electron chi connectivity index (χ1n) is 9.39. The number of amides is 2. The van der Waals surface area contributed by atoms with E-state index >= 15 is 0 Å². The van der Waals surface area contributed by atoms with Crippen LogP contribution in [0.3, 0.4) is 0 Å². The number of benzene rings is 2. The standard InChI is InChI=1S/C21H25N5O2/c1-25-10-12-26(13-11-25)19-14-15(6-7-20(19)28-2)23-21(27)24-18-5-3-4-17-16(18)8-9-22-17/h3-9,14,22H,10-13H2,1-2H3,(H2,23,24,27). The van der Waals surface area contributed by atoms with E-state index < -0.39 is 0 Å². The number of likely N-dealkylation sites (N-methyl/N-ethyl adjacent to an activating group) is 1. The second kappa shape index (κ2) is 7.82. The molecular formula is C21H25N5O2. The summed E-state index contributed by atoms with van der Waals surface area (Å²) in [5, 5.41) is 6.84. The highest BCUT2D eigenvalue weighted by Gasteiger charge is 2.18. The van der Waals surface area contributed by atoms with Gasteiger partial charge in [-0.15, -0.1) is 0 Å². The van der Waals surface area contributed by atoms with Crippen molar-refractivity contribution in [2.75, 3.05) is 55.9 Å². The van der Waals surface area contributed by atoms with Gasteiger partial charge in [0.05, 0.1) is 18.5 Å². The summed E-state index contributed by atoms with van der Waals surface area (Å²) in [5.41, 5.74) is 3.48. The number of carbonyl (C=O) groups is 1. The van der Waals surface area contributed by atoms with E-state index in [1.165, 1.54) is 0 Å². The number of aromatic nitrogens is 1. The molecule has 0 unspecified atom stereocenters. The number of hydrogen-bond acceptors (Lipinski definition) is 4. The monoisotopic (exact) mass is 379 g/mol. The highest BCUT2D eigenvalue weighted by Crippen LogP contribution is 2.32. The molecule has 0 saturated carbocycles. The smallest absolute Gasteiger partial charge is 0.323 e. The predicted molar refractivity (Wildman–Crippen MR) is 114 cm³/mol. The number of nitrogens with zero attached hydrogens (tertiary/aromatic N) is 2. The third-order valence-electron chi connectivity index (χ3n) is 5.12. The molecule has 1 saturated heterocycles. The minimum Gasteiger partial charge on any atom is -0.495 e. The van der Waals surface area contributed by atoms with Crippen molar-refractivity contribution in [3.8, 4) is 5.75 Å². The van der Waals surface area contributed by atoms with Crippen LogP contribution in [0.15, 0.2) is 48.7 Å². The van der Waals surface area contributed by atoms with Crippen molar-refractivity contribution >= 4 is 34.0 Å². The van der Waals surface area contributed by atoms with Crippen LogP contribution in [0.4, 0.5) is 21.9 Å². The molecular weight excluding hydrogens is 354 g/mol. The summed E-state index contributed by atoms with van der Waals surface area (Å²) in [6.07, 6.45) is 1.86. The number of aromatic amines is 1. The summed E-state index contributed by atoms with van der Waals surface area (Å²) in [6.45, 7) is 3.86. The Bertz CT molecular complexity index is 976. The highest BCUT2D eigenvalue weighted by molar-refractivity contribution is 6.05. The Kier molecular flexibility index (Phi) is 5.08. The number of ether oxygens (including phenoxy) is 1. The molecule has 4 rings (SSSR count). The highest BCUT2D eigenvalue weighted by atomic mass is 16.5. The van der Waals surface area contributed by atoms with Crippen molar-refractivity contribution in [2.24, 2.45) is 0 Å². The molecule has 3 N–H and O–H groups in total. The molecule has 2 amide bonds. The fraction of sp³-hybridized carbons (Fsp3) is 0.286. The number of hydrogen-bond donors (Lipinski definition) is 3. The van der Waals surface area contributed by atoms with Gasteiger partial charge in [0.15, 0.2) is 0 Å². The molecule has 146 valence electrons. The summed E-state index contributed by atoms with van der Waals surface area (Å²) >= 11 is 0. The minimum atomic E-state index is -0.275. The molecule has 1 aromatic heterocycles. The first-order chi connectivity index (χ1) is 13.6. The van der Waals surface area contributed by atoms with Gasteiger partial charge in [0.1, 0.15) is 5.75 Å². The number of anilines is 3. The molecule has 0 bridgehead atoms. The van der Waals surface area contributed by atoms with Crippen molar-refractivity contribution < 1.29 is 9.53 Å². The zero-order chi connectivity index (χ0) is 19.5. The minimum absolute atomic E-state index is 0.275. The zero-order valence-corrected chi connectivity index (χ0v) is 16.2. The van der Waals surface area contributed by atoms with Crippen molar-refractivity contribution in [3.05, 3.63) is 48.7 Å².